The number of nitrogens with zero attached hydrogens (tertiary/aromatic N) is 7. The smallest absolute Gasteiger partial charge is 0.304 e. The van der Waals surface area contributed by atoms with Crippen LogP contribution in [-0.2, 0) is 16.8 Å². The van der Waals surface area contributed by atoms with Gasteiger partial charge in [0.25, 0.3) is 0 Å². The van der Waals surface area contributed by atoms with Crippen LogP contribution in [0.1, 0.15) is 42.8 Å². The fourth-order valence-electron chi connectivity index (χ4n) is 3.84. The zero-order chi connectivity index (χ0) is 25.2. The number of hydrogen-bond acceptors (Lipinski definition) is 8. The van der Waals surface area contributed by atoms with Crippen LogP contribution in [0.3, 0.4) is 0 Å². The largest absolute Gasteiger partial charge is 0.481 e. The third kappa shape index (κ3) is 5.14. The number of aliphatic carboxylic acids is 1. The standard InChI is InChI=1S/C25H24N8O2/c1-15-16(12-26)6-4-8-18(15)19-10-20(30-24(27)29-19)21-14-33(32-31-21)13-17-7-5-9-22(28-17)25(2,3)11-23(34)35/h4-10,14H,11,13H2,1-3H3,(H,34,35)(H2,27,29,30). The molecule has 3 N–H and O–H groups in total. The fraction of sp³-hybridized carbons (Fsp3) is 0.240. The number of pyridine rings is 1. The van der Waals surface area contributed by atoms with Crippen LogP contribution in [0.4, 0.5) is 5.95 Å². The normalized spacial score (nSPS) is 11.3. The molecule has 0 aliphatic heterocycles. The number of aromatic nitrogens is 6. The van der Waals surface area contributed by atoms with E-state index in [2.05, 4.69) is 31.3 Å². The van der Waals surface area contributed by atoms with Crippen LogP contribution >= 0.6 is 0 Å². The molecule has 0 aliphatic rings. The predicted octanol–water partition coefficient (Wildman–Crippen LogP) is 3.36. The van der Waals surface area contributed by atoms with Gasteiger partial charge in [-0.3, -0.25) is 9.78 Å². The van der Waals surface area contributed by atoms with Gasteiger partial charge in [-0.15, -0.1) is 5.10 Å². The third-order valence-electron chi connectivity index (χ3n) is 5.69. The lowest BCUT2D eigenvalue weighted by molar-refractivity contribution is -0.138. The highest BCUT2D eigenvalue weighted by Crippen LogP contribution is 2.28. The number of nitrogen functional groups attached to an aromatic ring is 1. The van der Waals surface area contributed by atoms with E-state index in [1.54, 1.807) is 29.1 Å². The van der Waals surface area contributed by atoms with Gasteiger partial charge >= 0.3 is 5.97 Å². The summed E-state index contributed by atoms with van der Waals surface area (Å²) in [5.74, 6) is -0.787. The third-order valence-corrected chi connectivity index (χ3v) is 5.69. The number of anilines is 1. The quantitative estimate of drug-likeness (QED) is 0.415. The Bertz CT molecular complexity index is 1450. The SMILES string of the molecule is Cc1c(C#N)cccc1-c1cc(-c2cn(Cc3cccc(C(C)(C)CC(=O)O)n3)nn2)nc(N)n1. The lowest BCUT2D eigenvalue weighted by Gasteiger charge is -2.22. The number of nitrogens with two attached hydrogens (primary N) is 1. The molecular formula is C25H24N8O2. The first-order valence-electron chi connectivity index (χ1n) is 10.9. The molecular weight excluding hydrogens is 444 g/mol. The fourth-order valence-corrected chi connectivity index (χ4v) is 3.84. The minimum atomic E-state index is -0.874. The molecule has 0 amide bonds. The molecule has 3 heterocycles. The molecule has 0 atom stereocenters. The molecule has 1 aromatic carbocycles. The molecule has 0 fully saturated rings. The van der Waals surface area contributed by atoms with Crippen molar-refractivity contribution in [1.82, 2.24) is 29.9 Å². The Morgan fingerprint density at radius 2 is 1.86 bits per heavy atom. The van der Waals surface area contributed by atoms with Gasteiger partial charge in [-0.25, -0.2) is 14.6 Å². The van der Waals surface area contributed by atoms with E-state index < -0.39 is 11.4 Å². The number of nitriles is 1. The van der Waals surface area contributed by atoms with Gasteiger partial charge in [0, 0.05) is 16.7 Å². The summed E-state index contributed by atoms with van der Waals surface area (Å²) in [6.45, 7) is 5.92. The van der Waals surface area contributed by atoms with Gasteiger partial charge in [-0.2, -0.15) is 5.26 Å². The number of carboxylic acids is 1. The molecule has 10 nitrogen and oxygen atoms in total. The Labute approximate surface area is 202 Å². The van der Waals surface area contributed by atoms with Crippen molar-refractivity contribution in [3.05, 3.63) is 71.2 Å². The predicted molar refractivity (Wildman–Crippen MR) is 129 cm³/mol. The van der Waals surface area contributed by atoms with Crippen molar-refractivity contribution in [3.63, 3.8) is 0 Å². The molecule has 0 radical (unpaired) electrons. The van der Waals surface area contributed by atoms with Gasteiger partial charge in [0.05, 0.1) is 47.9 Å². The van der Waals surface area contributed by atoms with E-state index >= 15 is 0 Å². The van der Waals surface area contributed by atoms with Crippen molar-refractivity contribution >= 4 is 11.9 Å². The second-order valence-corrected chi connectivity index (χ2v) is 8.86. The van der Waals surface area contributed by atoms with E-state index in [1.807, 2.05) is 45.0 Å². The number of rotatable bonds is 7. The van der Waals surface area contributed by atoms with E-state index in [1.165, 1.54) is 0 Å². The second-order valence-electron chi connectivity index (χ2n) is 8.86. The molecule has 4 rings (SSSR count). The summed E-state index contributed by atoms with van der Waals surface area (Å²) >= 11 is 0. The Hall–Kier alpha value is -4.65. The molecule has 0 unspecified atom stereocenters. The highest BCUT2D eigenvalue weighted by atomic mass is 16.4. The van der Waals surface area contributed by atoms with Crippen molar-refractivity contribution in [2.45, 2.75) is 39.2 Å². The van der Waals surface area contributed by atoms with Crippen LogP contribution in [0.2, 0.25) is 0 Å². The van der Waals surface area contributed by atoms with Gasteiger partial charge in [-0.1, -0.05) is 37.3 Å². The van der Waals surface area contributed by atoms with E-state index in [0.29, 0.717) is 34.9 Å². The van der Waals surface area contributed by atoms with Gasteiger partial charge in [0.1, 0.15) is 5.69 Å². The first-order chi connectivity index (χ1) is 16.7. The molecule has 0 aliphatic carbocycles. The topological polar surface area (TPSA) is 156 Å². The van der Waals surface area contributed by atoms with Crippen LogP contribution in [-0.4, -0.2) is 41.0 Å². The van der Waals surface area contributed by atoms with Crippen molar-refractivity contribution in [1.29, 1.82) is 5.26 Å². The van der Waals surface area contributed by atoms with E-state index in [-0.39, 0.29) is 12.4 Å². The van der Waals surface area contributed by atoms with E-state index in [4.69, 9.17) is 5.73 Å². The van der Waals surface area contributed by atoms with Crippen molar-refractivity contribution in [2.75, 3.05) is 5.73 Å². The zero-order valence-electron chi connectivity index (χ0n) is 19.6. The molecule has 0 saturated heterocycles. The first kappa shape index (κ1) is 23.5. The summed E-state index contributed by atoms with van der Waals surface area (Å²) < 4.78 is 1.63. The van der Waals surface area contributed by atoms with Crippen LogP contribution in [0.15, 0.2) is 48.7 Å². The molecule has 35 heavy (non-hydrogen) atoms. The Kier molecular flexibility index (Phi) is 6.25. The average Bonchev–Trinajstić information content (AvgIpc) is 3.27. The van der Waals surface area contributed by atoms with E-state index in [0.717, 1.165) is 16.8 Å². The van der Waals surface area contributed by atoms with Crippen LogP contribution in [0.5, 0.6) is 0 Å². The summed E-state index contributed by atoms with van der Waals surface area (Å²) in [5.41, 5.74) is 10.6. The first-order valence-corrected chi connectivity index (χ1v) is 10.9. The van der Waals surface area contributed by atoms with Crippen molar-refractivity contribution in [3.8, 4) is 28.7 Å². The number of benzene rings is 1. The van der Waals surface area contributed by atoms with Gasteiger partial charge in [0.15, 0.2) is 0 Å². The lowest BCUT2D eigenvalue weighted by Crippen LogP contribution is -2.23. The summed E-state index contributed by atoms with van der Waals surface area (Å²) in [4.78, 5) is 24.5. The summed E-state index contributed by atoms with van der Waals surface area (Å²) in [7, 11) is 0. The molecule has 3 aromatic heterocycles. The molecule has 0 bridgehead atoms. The highest BCUT2D eigenvalue weighted by molar-refractivity contribution is 5.71. The van der Waals surface area contributed by atoms with Crippen LogP contribution < -0.4 is 5.73 Å². The maximum Gasteiger partial charge on any atom is 0.304 e. The lowest BCUT2D eigenvalue weighted by atomic mass is 9.85. The molecule has 176 valence electrons. The van der Waals surface area contributed by atoms with Gasteiger partial charge < -0.3 is 10.8 Å². The van der Waals surface area contributed by atoms with Crippen LogP contribution in [0, 0.1) is 18.3 Å². The second kappa shape index (κ2) is 9.30. The van der Waals surface area contributed by atoms with E-state index in [9.17, 15) is 15.2 Å². The Morgan fingerprint density at radius 1 is 1.11 bits per heavy atom. The highest BCUT2D eigenvalue weighted by Gasteiger charge is 2.26. The average molecular weight is 469 g/mol. The molecule has 4 aromatic rings. The van der Waals surface area contributed by atoms with Crippen molar-refractivity contribution in [2.24, 2.45) is 0 Å². The van der Waals surface area contributed by atoms with Crippen molar-refractivity contribution < 1.29 is 9.90 Å². The minimum Gasteiger partial charge on any atom is -0.481 e. The maximum atomic E-state index is 11.2. The molecule has 0 spiro atoms. The zero-order valence-corrected chi connectivity index (χ0v) is 19.6. The summed E-state index contributed by atoms with van der Waals surface area (Å²) in [5, 5.41) is 27.0. The molecule has 0 saturated carbocycles. The maximum absolute atomic E-state index is 11.2. The van der Waals surface area contributed by atoms with Crippen LogP contribution in [0.25, 0.3) is 22.6 Å². The minimum absolute atomic E-state index is 0.0227. The monoisotopic (exact) mass is 468 g/mol. The van der Waals surface area contributed by atoms with Gasteiger partial charge in [-0.05, 0) is 36.8 Å². The number of carbonyl (C=O) groups is 1. The Balaban J connectivity index is 1.61. The summed E-state index contributed by atoms with van der Waals surface area (Å²) in [6, 6.07) is 14.9. The molecule has 10 heteroatoms. The Morgan fingerprint density at radius 3 is 2.60 bits per heavy atom. The number of carboxylic acid groups (broad SMARTS) is 1. The van der Waals surface area contributed by atoms with Gasteiger partial charge in [0.2, 0.25) is 5.95 Å². The number of hydrogen-bond donors (Lipinski definition) is 2. The summed E-state index contributed by atoms with van der Waals surface area (Å²) in [6.07, 6.45) is 1.71.